The Kier molecular flexibility index (Phi) is 29.0. The Bertz CT molecular complexity index is 4450. The minimum atomic E-state index is -1.72. The highest BCUT2D eigenvalue weighted by atomic mass is 35.5. The average Bonchev–Trinajstić information content (AvgIpc) is 0.769. The van der Waals surface area contributed by atoms with Gasteiger partial charge in [0.15, 0.2) is 23.0 Å². The van der Waals surface area contributed by atoms with Crippen LogP contribution >= 0.6 is 58.0 Å². The highest BCUT2D eigenvalue weighted by Gasteiger charge is 2.43. The lowest BCUT2D eigenvalue weighted by atomic mass is 10.1. The van der Waals surface area contributed by atoms with Crippen LogP contribution in [-0.2, 0) is 47.6 Å². The number of benzene rings is 5. The zero-order chi connectivity index (χ0) is 83.6. The van der Waals surface area contributed by atoms with E-state index < -0.39 is 166 Å². The molecule has 0 aromatic heterocycles. The number of anilines is 6. The number of ketones is 2. The molecule has 5 aromatic rings. The van der Waals surface area contributed by atoms with Crippen molar-refractivity contribution in [2.24, 2.45) is 10.2 Å². The number of carbonyl (C=O) groups excluding carboxylic acids is 12. The van der Waals surface area contributed by atoms with Gasteiger partial charge in [-0.05, 0) is 230 Å². The molecule has 0 heterocycles. The molecule has 0 bridgehead atoms. The SMILES string of the molecule is C=CC(C)(C)OC(=O)N(N=C(C(C)=O)C(=O)N(C(=O)OC(C)(C)C=C)c1cc(Cl)c(N(C(=O)OC(C)(C)C=C)C(=O)C(=NN(C(=O)OC(C)(C)C=C)c2cc(C(=O)N(C(=O)OC(C)(C)C=C)c3cccc(Cl)c3C)ccc2Cl)C(C)=O)cc1C)c1cc(C(=O)N(C(=O)OC(C)(C)C=C)c2cccc(Cl)c2C)ccc1Cl. The number of halogens is 5. The van der Waals surface area contributed by atoms with Crippen molar-refractivity contribution in [3.63, 3.8) is 0 Å². The lowest BCUT2D eigenvalue weighted by Crippen LogP contribution is -2.48. The molecule has 110 heavy (non-hydrogen) atoms. The van der Waals surface area contributed by atoms with Gasteiger partial charge in [0.2, 0.25) is 0 Å². The third-order valence-electron chi connectivity index (χ3n) is 16.0. The molecule has 0 fully saturated rings. The van der Waals surface area contributed by atoms with Crippen LogP contribution in [0.25, 0.3) is 0 Å². The summed E-state index contributed by atoms with van der Waals surface area (Å²) in [5.74, 6) is -8.19. The van der Waals surface area contributed by atoms with Crippen molar-refractivity contribution in [1.29, 1.82) is 0 Å². The molecule has 26 nitrogen and oxygen atoms in total. The van der Waals surface area contributed by atoms with Gasteiger partial charge < -0.3 is 28.4 Å². The number of hydrazone groups is 2. The van der Waals surface area contributed by atoms with Crippen LogP contribution in [-0.4, -0.2) is 117 Å². The number of hydrogen-bond donors (Lipinski definition) is 0. The van der Waals surface area contributed by atoms with Crippen molar-refractivity contribution in [3.8, 4) is 0 Å². The molecule has 0 radical (unpaired) electrons. The number of amides is 10. The monoisotopic (exact) mass is 1610 g/mol. The smallest absolute Gasteiger partial charge is 0.436 e. The summed E-state index contributed by atoms with van der Waals surface area (Å²) in [5, 5.41) is 7.77. The number of carbonyl (C=O) groups is 12. The Morgan fingerprint density at radius 2 is 0.618 bits per heavy atom. The number of hydrogen-bond acceptors (Lipinski definition) is 20. The molecule has 0 N–H and O–H groups in total. The molecular formula is C79H83Cl5N8O18. The van der Waals surface area contributed by atoms with E-state index in [2.05, 4.69) is 49.7 Å². The van der Waals surface area contributed by atoms with E-state index in [9.17, 15) is 47.9 Å². The molecule has 0 saturated carbocycles. The van der Waals surface area contributed by atoms with E-state index in [1.807, 2.05) is 0 Å². The van der Waals surface area contributed by atoms with Gasteiger partial charge in [-0.25, -0.2) is 48.4 Å². The molecule has 0 unspecified atom stereocenters. The summed E-state index contributed by atoms with van der Waals surface area (Å²) >= 11 is 33.9. The van der Waals surface area contributed by atoms with Crippen LogP contribution in [0.3, 0.4) is 0 Å². The first-order chi connectivity index (χ1) is 50.8. The second-order valence-electron chi connectivity index (χ2n) is 27.4. The lowest BCUT2D eigenvalue weighted by molar-refractivity contribution is -0.117. The van der Waals surface area contributed by atoms with E-state index in [0.717, 1.165) is 68.5 Å². The number of rotatable bonds is 26. The largest absolute Gasteiger partial charge is 0.439 e. The van der Waals surface area contributed by atoms with Crippen molar-refractivity contribution >= 4 is 175 Å². The second kappa shape index (κ2) is 35.6. The van der Waals surface area contributed by atoms with Crippen LogP contribution < -0.4 is 29.6 Å². The summed E-state index contributed by atoms with van der Waals surface area (Å²) in [5.41, 5.74) is -14.9. The van der Waals surface area contributed by atoms with Gasteiger partial charge in [-0.15, -0.1) is 0 Å². The number of aryl methyl sites for hydroxylation is 1. The molecule has 0 spiro atoms. The fourth-order valence-electron chi connectivity index (χ4n) is 8.98. The van der Waals surface area contributed by atoms with E-state index in [-0.39, 0.29) is 47.9 Å². The number of nitrogens with zero attached hydrogens (tertiary/aromatic N) is 8. The first kappa shape index (κ1) is 89.6. The van der Waals surface area contributed by atoms with Crippen molar-refractivity contribution < 1.29 is 86.0 Å². The second-order valence-corrected chi connectivity index (χ2v) is 29.5. The molecule has 582 valence electrons. The van der Waals surface area contributed by atoms with Crippen molar-refractivity contribution in [2.75, 3.05) is 29.6 Å². The van der Waals surface area contributed by atoms with Crippen molar-refractivity contribution in [1.82, 2.24) is 0 Å². The molecule has 5 aromatic carbocycles. The minimum absolute atomic E-state index is 0.0437. The summed E-state index contributed by atoms with van der Waals surface area (Å²) in [6.45, 7) is 45.1. The van der Waals surface area contributed by atoms with Gasteiger partial charge in [0.25, 0.3) is 23.6 Å². The average molecular weight is 1610 g/mol. The summed E-state index contributed by atoms with van der Waals surface area (Å²) < 4.78 is 34.4. The van der Waals surface area contributed by atoms with E-state index in [1.165, 1.54) is 171 Å². The van der Waals surface area contributed by atoms with Crippen LogP contribution in [0, 0.1) is 20.8 Å². The Labute approximate surface area is 662 Å². The summed E-state index contributed by atoms with van der Waals surface area (Å²) in [6.07, 6.45) is -1.28. The molecule has 0 aliphatic carbocycles. The molecule has 5 rings (SSSR count). The maximum atomic E-state index is 15.7. The standard InChI is InChI=1S/C79H83Cl5N8O18/c1-24-74(12,13)105-68(99)87(56-34-30-32-51(80)45(56)8)64(95)49-36-38-53(82)60(41-49)91(72(103)109-78(20,21)28-5)85-62(47(10)93)66(97)89(70(101)107-76(16,17)26-3)58-43-55(84)59(40-44(58)7)90(71(102)108-77(18,19)27-4)67(98)63(48(11)94)86-92(73(104)110-79(22,23)29-6)61-42-50(37-39-54(61)83)65(96)88(69(100)106-75(14,15)25-2)57-35-31-33-52(81)46(57)9/h24-43H,1-6H2,7-23H3. The number of ether oxygens (including phenoxy) is 6. The number of imide groups is 4. The van der Waals surface area contributed by atoms with E-state index in [4.69, 9.17) is 86.4 Å². The third kappa shape index (κ3) is 21.7. The predicted molar refractivity (Wildman–Crippen MR) is 426 cm³/mol. The molecule has 0 aliphatic rings. The lowest BCUT2D eigenvalue weighted by Gasteiger charge is -2.30. The summed E-state index contributed by atoms with van der Waals surface area (Å²) in [6, 6.07) is 17.0. The fourth-order valence-corrected chi connectivity index (χ4v) is 9.95. The van der Waals surface area contributed by atoms with Gasteiger partial charge in [-0.3, -0.25) is 28.8 Å². The van der Waals surface area contributed by atoms with Crippen molar-refractivity contribution in [3.05, 3.63) is 214 Å². The molecule has 0 aliphatic heterocycles. The van der Waals surface area contributed by atoms with Crippen LogP contribution in [0.5, 0.6) is 0 Å². The highest BCUT2D eigenvalue weighted by molar-refractivity contribution is 6.70. The maximum absolute atomic E-state index is 15.7. The van der Waals surface area contributed by atoms with Crippen molar-refractivity contribution in [2.45, 2.75) is 151 Å². The zero-order valence-electron chi connectivity index (χ0n) is 63.6. The normalized spacial score (nSPS) is 11.9. The minimum Gasteiger partial charge on any atom is -0.439 e. The Morgan fingerprint density at radius 1 is 0.336 bits per heavy atom. The first-order valence-corrected chi connectivity index (χ1v) is 35.0. The van der Waals surface area contributed by atoms with Gasteiger partial charge in [0, 0.05) is 35.0 Å². The van der Waals surface area contributed by atoms with Gasteiger partial charge in [-0.2, -0.15) is 20.2 Å². The highest BCUT2D eigenvalue weighted by Crippen LogP contribution is 2.40. The van der Waals surface area contributed by atoms with Crippen LogP contribution in [0.15, 0.2) is 171 Å². The molecule has 0 saturated heterocycles. The topological polar surface area (TPSA) is 304 Å². The van der Waals surface area contributed by atoms with E-state index in [1.54, 1.807) is 0 Å². The molecule has 0 atom stereocenters. The Balaban J connectivity index is 1.85. The van der Waals surface area contributed by atoms with E-state index >= 15 is 9.59 Å². The molecule has 31 heteroatoms. The number of Topliss-reactive ketones (excluding diaryl/α,β-unsaturated/α-hetero) is 2. The quantitative estimate of drug-likeness (QED) is 0.0163. The van der Waals surface area contributed by atoms with Gasteiger partial charge in [0.1, 0.15) is 33.6 Å². The molecular weight excluding hydrogens is 1530 g/mol. The predicted octanol–water partition coefficient (Wildman–Crippen LogP) is 19.3. The molecule has 10 amide bonds. The van der Waals surface area contributed by atoms with E-state index in [0.29, 0.717) is 19.8 Å². The first-order valence-electron chi connectivity index (χ1n) is 33.1. The van der Waals surface area contributed by atoms with Crippen LogP contribution in [0.2, 0.25) is 25.1 Å². The fraction of sp³-hybridized carbons (Fsp3) is 0.291. The maximum Gasteiger partial charge on any atom is 0.436 e. The van der Waals surface area contributed by atoms with Crippen LogP contribution in [0.4, 0.5) is 62.9 Å². The Morgan fingerprint density at radius 3 is 0.909 bits per heavy atom. The van der Waals surface area contributed by atoms with Gasteiger partial charge in [-0.1, -0.05) is 110 Å². The van der Waals surface area contributed by atoms with Gasteiger partial charge in [0.05, 0.1) is 49.2 Å². The summed E-state index contributed by atoms with van der Waals surface area (Å²) in [7, 11) is 0. The van der Waals surface area contributed by atoms with Gasteiger partial charge >= 0.3 is 36.6 Å². The van der Waals surface area contributed by atoms with Crippen LogP contribution in [0.1, 0.15) is 134 Å². The third-order valence-corrected chi connectivity index (χ3v) is 17.7. The zero-order valence-corrected chi connectivity index (χ0v) is 67.4. The summed E-state index contributed by atoms with van der Waals surface area (Å²) in [4.78, 5) is 179. The Hall–Kier alpha value is -11.0.